The smallest absolute Gasteiger partial charge is 0.328 e. The molecular formula is C39H71N15O11. The van der Waals surface area contributed by atoms with Gasteiger partial charge in [-0.3, -0.25) is 48.3 Å². The molecule has 26 nitrogen and oxygen atoms in total. The van der Waals surface area contributed by atoms with E-state index < -0.39 is 114 Å². The van der Waals surface area contributed by atoms with Crippen LogP contribution in [-0.2, 0) is 43.2 Å². The van der Waals surface area contributed by atoms with Crippen molar-refractivity contribution in [3.63, 3.8) is 0 Å². The van der Waals surface area contributed by atoms with E-state index in [1.54, 1.807) is 27.7 Å². The van der Waals surface area contributed by atoms with Gasteiger partial charge in [0.15, 0.2) is 18.0 Å². The van der Waals surface area contributed by atoms with Gasteiger partial charge in [-0.25, -0.2) is 4.79 Å². The minimum atomic E-state index is -1.66. The molecule has 1 heterocycles. The molecule has 0 aromatic rings. The maximum absolute atomic E-state index is 13.7. The van der Waals surface area contributed by atoms with Crippen molar-refractivity contribution in [3.8, 4) is 0 Å². The summed E-state index contributed by atoms with van der Waals surface area (Å²) in [6, 6.07) is -8.72. The maximum Gasteiger partial charge on any atom is 0.328 e. The van der Waals surface area contributed by atoms with Gasteiger partial charge in [-0.15, -0.1) is 0 Å². The summed E-state index contributed by atoms with van der Waals surface area (Å²) >= 11 is 0. The molecule has 0 aromatic heterocycles. The number of carboxylic acids is 1. The van der Waals surface area contributed by atoms with Crippen LogP contribution in [0.15, 0.2) is 9.98 Å². The highest BCUT2D eigenvalue weighted by molar-refractivity contribution is 5.97. The fourth-order valence-corrected chi connectivity index (χ4v) is 6.60. The van der Waals surface area contributed by atoms with Crippen LogP contribution < -0.4 is 65.9 Å². The molecule has 19 N–H and O–H groups in total. The number of nitrogens with two attached hydrogens (primary N) is 5. The monoisotopic (exact) mass is 926 g/mol. The van der Waals surface area contributed by atoms with Crippen LogP contribution in [-0.4, -0.2) is 161 Å². The predicted octanol–water partition coefficient (Wildman–Crippen LogP) is -5.74. The van der Waals surface area contributed by atoms with E-state index in [0.717, 1.165) is 6.92 Å². The number of amides is 8. The molecule has 1 aliphatic rings. The molecule has 1 aliphatic heterocycles. The van der Waals surface area contributed by atoms with Gasteiger partial charge in [0.05, 0.1) is 19.2 Å². The maximum atomic E-state index is 13.7. The molecule has 368 valence electrons. The molecule has 0 bridgehead atoms. The lowest BCUT2D eigenvalue weighted by Crippen LogP contribution is -2.59. The highest BCUT2D eigenvalue weighted by Crippen LogP contribution is 2.18. The largest absolute Gasteiger partial charge is 0.480 e. The molecule has 0 aliphatic carbocycles. The van der Waals surface area contributed by atoms with Crippen LogP contribution in [0, 0.1) is 11.8 Å². The number of hydrogen-bond acceptors (Lipinski definition) is 13. The molecule has 0 saturated carbocycles. The van der Waals surface area contributed by atoms with Gasteiger partial charge in [0.25, 0.3) is 0 Å². The standard InChI is InChI=1S/C39H71N15O11/c1-19(2)16-25(51-34(61)24(11-8-14-46-39(43)44)49-35(62)26-12-9-15-54(26)28(57)17-40)32(59)47-18-27(56)52-29(20(3)4)36(63)50-23(10-7-13-45-38(41)42)33(60)48-21(5)31(58)53-30(22(6)55)37(64)65/h19-26,29-30,55H,7-18,40H2,1-6H3,(H,47,59)(H,48,60)(H,49,62)(H,50,63)(H,51,61)(H,52,56)(H,53,58)(H,64,65)(H4,41,42,45)(H4,43,44,46)/t21-,22+,23-,24-,25-,26-,29-,30-/m0/s1. The average Bonchev–Trinajstić information content (AvgIpc) is 3.72. The van der Waals surface area contributed by atoms with Crippen molar-refractivity contribution >= 4 is 65.1 Å². The van der Waals surface area contributed by atoms with Crippen molar-refractivity contribution < 1.29 is 53.4 Å². The highest BCUT2D eigenvalue weighted by Gasteiger charge is 2.37. The number of aliphatic hydroxyl groups excluding tert-OH is 1. The number of guanidine groups is 2. The zero-order valence-electron chi connectivity index (χ0n) is 38.1. The second-order valence-electron chi connectivity index (χ2n) is 16.5. The molecule has 1 saturated heterocycles. The lowest BCUT2D eigenvalue weighted by Gasteiger charge is -2.28. The summed E-state index contributed by atoms with van der Waals surface area (Å²) in [5.74, 6) is -8.39. The van der Waals surface area contributed by atoms with Crippen LogP contribution in [0.1, 0.15) is 86.5 Å². The quantitative estimate of drug-likeness (QED) is 0.0197. The topological polar surface area (TPSA) is 436 Å². The lowest BCUT2D eigenvalue weighted by molar-refractivity contribution is -0.145. The number of nitrogens with zero attached hydrogens (tertiary/aromatic N) is 3. The van der Waals surface area contributed by atoms with Crippen LogP contribution >= 0.6 is 0 Å². The van der Waals surface area contributed by atoms with Crippen LogP contribution in [0.4, 0.5) is 0 Å². The molecular weight excluding hydrogens is 855 g/mol. The van der Waals surface area contributed by atoms with Crippen molar-refractivity contribution in [1.82, 2.24) is 42.1 Å². The van der Waals surface area contributed by atoms with E-state index in [2.05, 4.69) is 47.2 Å². The summed E-state index contributed by atoms with van der Waals surface area (Å²) in [6.45, 7) is 8.87. The Bertz CT molecular complexity index is 1720. The molecule has 65 heavy (non-hydrogen) atoms. The first-order valence-electron chi connectivity index (χ1n) is 21.5. The fourth-order valence-electron chi connectivity index (χ4n) is 6.60. The van der Waals surface area contributed by atoms with Crippen LogP contribution in [0.5, 0.6) is 0 Å². The van der Waals surface area contributed by atoms with Gasteiger partial charge in [-0.2, -0.15) is 0 Å². The number of rotatable bonds is 28. The summed E-state index contributed by atoms with van der Waals surface area (Å²) in [6.07, 6.45) is 0.0528. The number of hydrogen-bond donors (Lipinski definition) is 14. The van der Waals surface area contributed by atoms with E-state index in [4.69, 9.17) is 28.7 Å². The Morgan fingerprint density at radius 3 is 1.71 bits per heavy atom. The number of aliphatic carboxylic acids is 1. The minimum absolute atomic E-state index is 0.0420. The van der Waals surface area contributed by atoms with E-state index in [9.17, 15) is 53.4 Å². The van der Waals surface area contributed by atoms with E-state index in [1.807, 2.05) is 0 Å². The Kier molecular flexibility index (Phi) is 24.8. The average molecular weight is 926 g/mol. The predicted molar refractivity (Wildman–Crippen MR) is 237 cm³/mol. The van der Waals surface area contributed by atoms with Gasteiger partial charge < -0.3 is 81.0 Å². The first kappa shape index (κ1) is 56.7. The van der Waals surface area contributed by atoms with E-state index >= 15 is 0 Å². The van der Waals surface area contributed by atoms with Crippen LogP contribution in [0.2, 0.25) is 0 Å². The van der Waals surface area contributed by atoms with Crippen molar-refractivity contribution in [3.05, 3.63) is 0 Å². The number of likely N-dealkylation sites (tertiary alicyclic amines) is 1. The number of aliphatic imine (C=N–C) groups is 2. The van der Waals surface area contributed by atoms with Gasteiger partial charge in [0.1, 0.15) is 36.3 Å². The van der Waals surface area contributed by atoms with Crippen molar-refractivity contribution in [1.29, 1.82) is 0 Å². The Morgan fingerprint density at radius 2 is 1.22 bits per heavy atom. The zero-order valence-corrected chi connectivity index (χ0v) is 38.1. The zero-order chi connectivity index (χ0) is 49.6. The molecule has 0 radical (unpaired) electrons. The number of carboxylic acid groups (broad SMARTS) is 1. The molecule has 1 fully saturated rings. The fraction of sp³-hybridized carbons (Fsp3) is 0.718. The van der Waals surface area contributed by atoms with E-state index in [0.29, 0.717) is 19.4 Å². The van der Waals surface area contributed by atoms with Gasteiger partial charge in [-0.1, -0.05) is 27.7 Å². The van der Waals surface area contributed by atoms with Gasteiger partial charge in [0, 0.05) is 19.6 Å². The lowest BCUT2D eigenvalue weighted by atomic mass is 10.0. The van der Waals surface area contributed by atoms with E-state index in [-0.39, 0.29) is 69.6 Å². The number of carbonyl (C=O) groups excluding carboxylic acids is 8. The number of carbonyl (C=O) groups is 9. The molecule has 0 unspecified atom stereocenters. The molecule has 1 rings (SSSR count). The van der Waals surface area contributed by atoms with Gasteiger partial charge >= 0.3 is 5.97 Å². The molecule has 0 spiro atoms. The van der Waals surface area contributed by atoms with Crippen LogP contribution in [0.3, 0.4) is 0 Å². The molecule has 0 aromatic carbocycles. The third-order valence-corrected chi connectivity index (χ3v) is 10.0. The minimum Gasteiger partial charge on any atom is -0.480 e. The Hall–Kier alpha value is -6.31. The highest BCUT2D eigenvalue weighted by atomic mass is 16.4. The second kappa shape index (κ2) is 28.5. The second-order valence-corrected chi connectivity index (χ2v) is 16.5. The molecule has 26 heteroatoms. The first-order valence-corrected chi connectivity index (χ1v) is 21.5. The summed E-state index contributed by atoms with van der Waals surface area (Å²) < 4.78 is 0. The third-order valence-electron chi connectivity index (χ3n) is 10.0. The normalized spacial score (nSPS) is 16.6. The summed E-state index contributed by atoms with van der Waals surface area (Å²) in [7, 11) is 0. The van der Waals surface area contributed by atoms with Crippen molar-refractivity contribution in [2.45, 2.75) is 135 Å². The van der Waals surface area contributed by atoms with Crippen molar-refractivity contribution in [2.75, 3.05) is 32.7 Å². The number of aliphatic hydroxyl groups is 1. The van der Waals surface area contributed by atoms with Gasteiger partial charge in [0.2, 0.25) is 47.3 Å². The molecule has 8 amide bonds. The van der Waals surface area contributed by atoms with E-state index in [1.165, 1.54) is 11.8 Å². The van der Waals surface area contributed by atoms with Crippen molar-refractivity contribution in [2.24, 2.45) is 50.5 Å². The SMILES string of the molecule is CC(C)C[C@H](NC(=O)[C@H](CCCN=C(N)N)NC(=O)[C@@H]1CCCN1C(=O)CN)C(=O)NCC(=O)N[C@H](C(=O)N[C@@H](CCCN=C(N)N)C(=O)N[C@@H](C)C(=O)N[C@H](C(=O)O)[C@@H](C)O)C(C)C. The number of nitrogens with one attached hydrogen (secondary N) is 7. The Labute approximate surface area is 378 Å². The first-order chi connectivity index (χ1) is 30.4. The summed E-state index contributed by atoms with van der Waals surface area (Å²) in [5, 5.41) is 36.5. The Balaban J connectivity index is 3.14. The van der Waals surface area contributed by atoms with Gasteiger partial charge in [-0.05, 0) is 70.6 Å². The third kappa shape index (κ3) is 20.8. The molecule has 8 atom stereocenters. The summed E-state index contributed by atoms with van der Waals surface area (Å²) in [5.41, 5.74) is 27.2. The summed E-state index contributed by atoms with van der Waals surface area (Å²) in [4.78, 5) is 127. The Morgan fingerprint density at radius 1 is 0.677 bits per heavy atom. The van der Waals surface area contributed by atoms with Crippen LogP contribution in [0.25, 0.3) is 0 Å².